The number of para-hydroxylation sites is 1. The molecule has 26 heavy (non-hydrogen) atoms. The molecule has 0 atom stereocenters. The highest BCUT2D eigenvalue weighted by Crippen LogP contribution is 2.31. The summed E-state index contributed by atoms with van der Waals surface area (Å²) >= 11 is 14.1. The third-order valence-electron chi connectivity index (χ3n) is 3.97. The molecule has 0 fully saturated rings. The second-order valence-corrected chi connectivity index (χ2v) is 7.96. The first-order chi connectivity index (χ1) is 12.5. The molecule has 2 aromatic carbocycles. The summed E-state index contributed by atoms with van der Waals surface area (Å²) in [6, 6.07) is 15.7. The zero-order valence-electron chi connectivity index (χ0n) is 14.8. The van der Waals surface area contributed by atoms with Gasteiger partial charge in [-0.3, -0.25) is 0 Å². The van der Waals surface area contributed by atoms with Crippen molar-refractivity contribution < 1.29 is 0 Å². The van der Waals surface area contributed by atoms with Crippen molar-refractivity contribution >= 4 is 40.2 Å². The lowest BCUT2D eigenvalue weighted by atomic mass is 10.1. The zero-order chi connectivity index (χ0) is 18.5. The lowest BCUT2D eigenvalue weighted by Crippen LogP contribution is -2.20. The minimum atomic E-state index is 0.641. The third kappa shape index (κ3) is 4.77. The van der Waals surface area contributed by atoms with Crippen LogP contribution in [-0.4, -0.2) is 30.1 Å². The highest BCUT2D eigenvalue weighted by Gasteiger charge is 2.12. The highest BCUT2D eigenvalue weighted by atomic mass is 35.5. The topological polar surface area (TPSA) is 20.5 Å². The smallest absolute Gasteiger partial charge is 0.190 e. The van der Waals surface area contributed by atoms with E-state index in [-0.39, 0.29) is 0 Å². The van der Waals surface area contributed by atoms with Crippen molar-refractivity contribution in [2.75, 3.05) is 20.6 Å². The number of thiazole rings is 1. The van der Waals surface area contributed by atoms with Crippen LogP contribution in [0.2, 0.25) is 10.0 Å². The van der Waals surface area contributed by atoms with Crippen molar-refractivity contribution in [1.29, 1.82) is 0 Å². The van der Waals surface area contributed by atoms with Crippen LogP contribution in [0.3, 0.4) is 0 Å². The molecule has 6 heteroatoms. The van der Waals surface area contributed by atoms with Crippen LogP contribution in [0.5, 0.6) is 0 Å². The van der Waals surface area contributed by atoms with Crippen molar-refractivity contribution in [3.8, 4) is 11.3 Å². The Kier molecular flexibility index (Phi) is 6.54. The number of rotatable bonds is 6. The Morgan fingerprint density at radius 1 is 1.08 bits per heavy atom. The minimum absolute atomic E-state index is 0.641. The predicted molar refractivity (Wildman–Crippen MR) is 113 cm³/mol. The van der Waals surface area contributed by atoms with Crippen LogP contribution in [0.25, 0.3) is 11.3 Å². The van der Waals surface area contributed by atoms with Crippen LogP contribution in [0, 0.1) is 0 Å². The van der Waals surface area contributed by atoms with Gasteiger partial charge in [0, 0.05) is 22.5 Å². The molecule has 0 N–H and O–H groups in total. The van der Waals surface area contributed by atoms with Gasteiger partial charge in [0.2, 0.25) is 0 Å². The highest BCUT2D eigenvalue weighted by molar-refractivity contribution is 7.07. The molecule has 0 unspecified atom stereocenters. The number of nitrogens with zero attached hydrogens (tertiary/aromatic N) is 3. The van der Waals surface area contributed by atoms with E-state index in [1.807, 2.05) is 42.5 Å². The molecule has 0 bridgehead atoms. The standard InChI is InChI=1S/C20H21Cl2N3S/c1-24(2)11-6-12-25-19(17-10-9-15(21)13-18(17)22)14-26-20(25)23-16-7-4-3-5-8-16/h3-5,7-10,13-14H,6,11-12H2,1-2H3. The normalized spacial score (nSPS) is 12.1. The number of hydrogen-bond donors (Lipinski definition) is 0. The molecular weight excluding hydrogens is 385 g/mol. The molecule has 3 rings (SSSR count). The largest absolute Gasteiger partial charge is 0.316 e. The molecule has 1 heterocycles. The Morgan fingerprint density at radius 3 is 2.54 bits per heavy atom. The van der Waals surface area contributed by atoms with E-state index in [2.05, 4.69) is 28.9 Å². The van der Waals surface area contributed by atoms with E-state index >= 15 is 0 Å². The average molecular weight is 406 g/mol. The number of benzene rings is 2. The van der Waals surface area contributed by atoms with Gasteiger partial charge in [0.1, 0.15) is 0 Å². The molecule has 1 aromatic heterocycles. The van der Waals surface area contributed by atoms with E-state index < -0.39 is 0 Å². The van der Waals surface area contributed by atoms with E-state index in [1.54, 1.807) is 17.4 Å². The van der Waals surface area contributed by atoms with Gasteiger partial charge in [-0.15, -0.1) is 11.3 Å². The monoisotopic (exact) mass is 405 g/mol. The number of aromatic nitrogens is 1. The molecule has 136 valence electrons. The van der Waals surface area contributed by atoms with Crippen molar-refractivity contribution in [1.82, 2.24) is 9.47 Å². The number of hydrogen-bond acceptors (Lipinski definition) is 3. The summed E-state index contributed by atoms with van der Waals surface area (Å²) in [6.07, 6.45) is 1.03. The van der Waals surface area contributed by atoms with E-state index in [0.29, 0.717) is 10.0 Å². The Labute approximate surface area is 168 Å². The maximum Gasteiger partial charge on any atom is 0.190 e. The predicted octanol–water partition coefficient (Wildman–Crippen LogP) is 5.71. The van der Waals surface area contributed by atoms with Gasteiger partial charge in [-0.2, -0.15) is 0 Å². The van der Waals surface area contributed by atoms with Gasteiger partial charge in [-0.1, -0.05) is 41.4 Å². The van der Waals surface area contributed by atoms with Crippen LogP contribution >= 0.6 is 34.5 Å². The van der Waals surface area contributed by atoms with Gasteiger partial charge in [0.05, 0.1) is 16.4 Å². The summed E-state index contributed by atoms with van der Waals surface area (Å²) in [5, 5.41) is 3.41. The van der Waals surface area contributed by atoms with Gasteiger partial charge in [0.15, 0.2) is 4.80 Å². The second-order valence-electron chi connectivity index (χ2n) is 6.28. The van der Waals surface area contributed by atoms with Crippen molar-refractivity contribution in [3.63, 3.8) is 0 Å². The van der Waals surface area contributed by atoms with Gasteiger partial charge >= 0.3 is 0 Å². The van der Waals surface area contributed by atoms with Crippen molar-refractivity contribution in [3.05, 3.63) is 68.8 Å². The third-order valence-corrected chi connectivity index (χ3v) is 5.38. The fraction of sp³-hybridized carbons (Fsp3) is 0.250. The van der Waals surface area contributed by atoms with Gasteiger partial charge in [0.25, 0.3) is 0 Å². The first-order valence-electron chi connectivity index (χ1n) is 8.43. The fourth-order valence-electron chi connectivity index (χ4n) is 2.71. The Bertz CT molecular complexity index is 930. The van der Waals surface area contributed by atoms with E-state index in [9.17, 15) is 0 Å². The zero-order valence-corrected chi connectivity index (χ0v) is 17.2. The minimum Gasteiger partial charge on any atom is -0.316 e. The maximum absolute atomic E-state index is 6.46. The lowest BCUT2D eigenvalue weighted by Gasteiger charge is -2.13. The molecule has 0 aliphatic rings. The van der Waals surface area contributed by atoms with Gasteiger partial charge < -0.3 is 9.47 Å². The van der Waals surface area contributed by atoms with Crippen LogP contribution in [0.1, 0.15) is 6.42 Å². The van der Waals surface area contributed by atoms with E-state index in [0.717, 1.165) is 41.3 Å². The second kappa shape index (κ2) is 8.87. The molecule has 3 aromatic rings. The molecule has 0 spiro atoms. The average Bonchev–Trinajstić information content (AvgIpc) is 2.98. The number of halogens is 2. The molecule has 0 aliphatic carbocycles. The van der Waals surface area contributed by atoms with Crippen molar-refractivity contribution in [2.45, 2.75) is 13.0 Å². The molecule has 0 saturated heterocycles. The van der Waals surface area contributed by atoms with Gasteiger partial charge in [-0.05, 0) is 57.4 Å². The van der Waals surface area contributed by atoms with Crippen molar-refractivity contribution in [2.24, 2.45) is 4.99 Å². The van der Waals surface area contributed by atoms with Crippen LogP contribution in [0.15, 0.2) is 58.9 Å². The summed E-state index contributed by atoms with van der Waals surface area (Å²) in [6.45, 7) is 1.89. The van der Waals surface area contributed by atoms with Crippen LogP contribution in [0.4, 0.5) is 5.69 Å². The quantitative estimate of drug-likeness (QED) is 0.514. The maximum atomic E-state index is 6.46. The Balaban J connectivity index is 2.05. The van der Waals surface area contributed by atoms with Gasteiger partial charge in [-0.25, -0.2) is 4.99 Å². The fourth-order valence-corrected chi connectivity index (χ4v) is 4.16. The summed E-state index contributed by atoms with van der Waals surface area (Å²) in [4.78, 5) is 7.99. The van der Waals surface area contributed by atoms with Crippen LogP contribution in [-0.2, 0) is 6.54 Å². The van der Waals surface area contributed by atoms with E-state index in [4.69, 9.17) is 28.2 Å². The molecule has 0 amide bonds. The molecule has 0 saturated carbocycles. The first-order valence-corrected chi connectivity index (χ1v) is 10.1. The summed E-state index contributed by atoms with van der Waals surface area (Å²) in [5.74, 6) is 0. The van der Waals surface area contributed by atoms with E-state index in [1.165, 1.54) is 0 Å². The molecule has 0 radical (unpaired) electrons. The summed E-state index contributed by atoms with van der Waals surface area (Å²) in [5.41, 5.74) is 3.00. The molecule has 0 aliphatic heterocycles. The SMILES string of the molecule is CN(C)CCCn1c(-c2ccc(Cl)cc2Cl)csc1=Nc1ccccc1. The Morgan fingerprint density at radius 2 is 1.85 bits per heavy atom. The molecular formula is C20H21Cl2N3S. The lowest BCUT2D eigenvalue weighted by molar-refractivity contribution is 0.386. The Hall–Kier alpha value is -1.59. The summed E-state index contributed by atoms with van der Waals surface area (Å²) in [7, 11) is 4.18. The summed E-state index contributed by atoms with van der Waals surface area (Å²) < 4.78 is 2.25. The first kappa shape index (κ1) is 19.2. The van der Waals surface area contributed by atoms with Crippen LogP contribution < -0.4 is 4.80 Å². The molecule has 3 nitrogen and oxygen atoms in total.